The molecule has 0 aromatic heterocycles. The summed E-state index contributed by atoms with van der Waals surface area (Å²) in [6.07, 6.45) is 1.00. The number of allylic oxidation sites excluding steroid dienone is 3. The van der Waals surface area contributed by atoms with Crippen LogP contribution in [0.25, 0.3) is 0 Å². The zero-order valence-corrected chi connectivity index (χ0v) is 9.15. The fourth-order valence-corrected chi connectivity index (χ4v) is 1.44. The van der Waals surface area contributed by atoms with Crippen LogP contribution in [0.15, 0.2) is 43.0 Å². The van der Waals surface area contributed by atoms with Gasteiger partial charge < -0.3 is 0 Å². The minimum atomic E-state index is -4.41. The van der Waals surface area contributed by atoms with Gasteiger partial charge in [0.1, 0.15) is 0 Å². The maximum Gasteiger partial charge on any atom is 0.417 e. The Morgan fingerprint density at radius 1 is 1.31 bits per heavy atom. The molecule has 0 fully saturated rings. The van der Waals surface area contributed by atoms with Crippen molar-refractivity contribution in [2.45, 2.75) is 12.6 Å². The van der Waals surface area contributed by atoms with E-state index in [0.29, 0.717) is 12.0 Å². The summed E-state index contributed by atoms with van der Waals surface area (Å²) in [6.45, 7) is 3.47. The van der Waals surface area contributed by atoms with Crippen LogP contribution in [0, 0.1) is 0 Å². The first-order valence-corrected chi connectivity index (χ1v) is 4.96. The molecule has 0 saturated carbocycles. The first-order chi connectivity index (χ1) is 7.45. The molecule has 0 bridgehead atoms. The number of rotatable bonds is 3. The number of halogens is 4. The van der Waals surface area contributed by atoms with Crippen molar-refractivity contribution in [3.8, 4) is 0 Å². The molecule has 0 radical (unpaired) electrons. The number of alkyl halides is 3. The molecular weight excluding hydrogens is 237 g/mol. The van der Waals surface area contributed by atoms with Crippen LogP contribution in [0.2, 0.25) is 5.02 Å². The molecule has 0 aliphatic rings. The first kappa shape index (κ1) is 12.8. The fraction of sp³-hybridized carbons (Fsp3) is 0.167. The van der Waals surface area contributed by atoms with Gasteiger partial charge in [-0.1, -0.05) is 42.5 Å². The van der Waals surface area contributed by atoms with Gasteiger partial charge in [0.15, 0.2) is 0 Å². The summed E-state index contributed by atoms with van der Waals surface area (Å²) in [7, 11) is 0. The molecule has 0 unspecified atom stereocenters. The van der Waals surface area contributed by atoms with Crippen LogP contribution in [0.5, 0.6) is 0 Å². The lowest BCUT2D eigenvalue weighted by Crippen LogP contribution is -2.06. The Hall–Kier alpha value is -1.22. The van der Waals surface area contributed by atoms with E-state index in [9.17, 15) is 13.2 Å². The highest BCUT2D eigenvalue weighted by atomic mass is 35.5. The second kappa shape index (κ2) is 5.21. The smallest absolute Gasteiger partial charge is 0.166 e. The first-order valence-electron chi connectivity index (χ1n) is 4.58. The van der Waals surface area contributed by atoms with Crippen molar-refractivity contribution < 1.29 is 13.2 Å². The largest absolute Gasteiger partial charge is 0.417 e. The molecule has 0 atom stereocenters. The lowest BCUT2D eigenvalue weighted by atomic mass is 10.1. The van der Waals surface area contributed by atoms with Gasteiger partial charge in [-0.05, 0) is 24.1 Å². The molecule has 0 nitrogen and oxygen atoms in total. The van der Waals surface area contributed by atoms with Gasteiger partial charge in [-0.15, -0.1) is 0 Å². The van der Waals surface area contributed by atoms with E-state index in [4.69, 9.17) is 11.6 Å². The summed E-state index contributed by atoms with van der Waals surface area (Å²) < 4.78 is 37.5. The fourth-order valence-electron chi connectivity index (χ4n) is 1.22. The average molecular weight is 247 g/mol. The second-order valence-electron chi connectivity index (χ2n) is 3.18. The predicted molar refractivity (Wildman–Crippen MR) is 59.5 cm³/mol. The van der Waals surface area contributed by atoms with Gasteiger partial charge in [0.25, 0.3) is 0 Å². The van der Waals surface area contributed by atoms with Crippen LogP contribution in [0.1, 0.15) is 11.1 Å². The molecule has 1 aromatic rings. The lowest BCUT2D eigenvalue weighted by Gasteiger charge is -2.09. The third kappa shape index (κ3) is 3.42. The second-order valence-corrected chi connectivity index (χ2v) is 3.59. The number of hydrogen-bond donors (Lipinski definition) is 0. The summed E-state index contributed by atoms with van der Waals surface area (Å²) in [6, 6.07) is 3.90. The molecule has 0 amide bonds. The Balaban J connectivity index is 2.98. The van der Waals surface area contributed by atoms with Crippen LogP contribution in [0.4, 0.5) is 13.2 Å². The summed E-state index contributed by atoms with van der Waals surface area (Å²) in [4.78, 5) is 0. The van der Waals surface area contributed by atoms with E-state index >= 15 is 0 Å². The molecule has 0 N–H and O–H groups in total. The van der Waals surface area contributed by atoms with Crippen molar-refractivity contribution in [2.24, 2.45) is 0 Å². The molecule has 1 aromatic carbocycles. The highest BCUT2D eigenvalue weighted by Gasteiger charge is 2.33. The van der Waals surface area contributed by atoms with Crippen LogP contribution in [0.3, 0.4) is 0 Å². The maximum atomic E-state index is 12.5. The van der Waals surface area contributed by atoms with Gasteiger partial charge in [-0.2, -0.15) is 13.2 Å². The van der Waals surface area contributed by atoms with Crippen molar-refractivity contribution in [3.63, 3.8) is 0 Å². The summed E-state index contributed by atoms with van der Waals surface area (Å²) >= 11 is 5.49. The lowest BCUT2D eigenvalue weighted by molar-refractivity contribution is -0.137. The van der Waals surface area contributed by atoms with Gasteiger partial charge in [-0.25, -0.2) is 0 Å². The molecule has 16 heavy (non-hydrogen) atoms. The summed E-state index contributed by atoms with van der Waals surface area (Å²) in [5, 5.41) is -0.274. The number of benzene rings is 1. The van der Waals surface area contributed by atoms with E-state index in [1.54, 1.807) is 24.3 Å². The minimum absolute atomic E-state index is 0.274. The van der Waals surface area contributed by atoms with Crippen LogP contribution in [-0.2, 0) is 12.6 Å². The Bertz CT molecular complexity index is 405. The Kier molecular flexibility index (Phi) is 4.19. The predicted octanol–water partition coefficient (Wildman–Crippen LogP) is 4.64. The summed E-state index contributed by atoms with van der Waals surface area (Å²) in [5.41, 5.74) is -0.228. The molecule has 0 heterocycles. The zero-order chi connectivity index (χ0) is 12.2. The Morgan fingerprint density at radius 3 is 2.56 bits per heavy atom. The van der Waals surface area contributed by atoms with E-state index in [-0.39, 0.29) is 5.02 Å². The van der Waals surface area contributed by atoms with Crippen LogP contribution in [-0.4, -0.2) is 0 Å². The monoisotopic (exact) mass is 246 g/mol. The van der Waals surface area contributed by atoms with Gasteiger partial charge in [-0.3, -0.25) is 0 Å². The third-order valence-corrected chi connectivity index (χ3v) is 2.29. The zero-order valence-electron chi connectivity index (χ0n) is 8.39. The van der Waals surface area contributed by atoms with E-state index in [0.717, 1.165) is 6.07 Å². The third-order valence-electron chi connectivity index (χ3n) is 1.96. The van der Waals surface area contributed by atoms with E-state index in [1.807, 2.05) is 0 Å². The van der Waals surface area contributed by atoms with Crippen molar-refractivity contribution in [1.82, 2.24) is 0 Å². The molecule has 0 aliphatic carbocycles. The SMILES string of the molecule is C=CC=CCc1ccc(Cl)c(C(F)(F)F)c1. The Morgan fingerprint density at radius 2 is 2.00 bits per heavy atom. The molecule has 0 spiro atoms. The maximum absolute atomic E-state index is 12.5. The van der Waals surface area contributed by atoms with Crippen molar-refractivity contribution in [1.29, 1.82) is 0 Å². The molecule has 86 valence electrons. The molecule has 1 rings (SSSR count). The van der Waals surface area contributed by atoms with Gasteiger partial charge in [0.05, 0.1) is 10.6 Å². The topological polar surface area (TPSA) is 0 Å². The Labute approximate surface area is 97.0 Å². The van der Waals surface area contributed by atoms with E-state index < -0.39 is 11.7 Å². The molecule has 4 heteroatoms. The van der Waals surface area contributed by atoms with Gasteiger partial charge >= 0.3 is 6.18 Å². The van der Waals surface area contributed by atoms with Crippen LogP contribution < -0.4 is 0 Å². The van der Waals surface area contributed by atoms with Gasteiger partial charge in [0, 0.05) is 0 Å². The van der Waals surface area contributed by atoms with Crippen molar-refractivity contribution in [3.05, 3.63) is 59.2 Å². The highest BCUT2D eigenvalue weighted by molar-refractivity contribution is 6.31. The van der Waals surface area contributed by atoms with Crippen molar-refractivity contribution in [2.75, 3.05) is 0 Å². The molecule has 0 saturated heterocycles. The molecular formula is C12H10ClF3. The number of hydrogen-bond acceptors (Lipinski definition) is 0. The van der Waals surface area contributed by atoms with Gasteiger partial charge in [0.2, 0.25) is 0 Å². The molecule has 0 aliphatic heterocycles. The van der Waals surface area contributed by atoms with E-state index in [2.05, 4.69) is 6.58 Å². The standard InChI is InChI=1S/C12H10ClF3/c1-2-3-4-5-9-6-7-11(13)10(8-9)12(14,15)16/h2-4,6-8H,1,5H2. The van der Waals surface area contributed by atoms with Crippen LogP contribution >= 0.6 is 11.6 Å². The van der Waals surface area contributed by atoms with E-state index in [1.165, 1.54) is 6.07 Å². The summed E-state index contributed by atoms with van der Waals surface area (Å²) in [5.74, 6) is 0. The minimum Gasteiger partial charge on any atom is -0.166 e. The highest BCUT2D eigenvalue weighted by Crippen LogP contribution is 2.35. The van der Waals surface area contributed by atoms with Crippen molar-refractivity contribution >= 4 is 11.6 Å². The quantitative estimate of drug-likeness (QED) is 0.682. The normalized spacial score (nSPS) is 12.0. The average Bonchev–Trinajstić information content (AvgIpc) is 2.19.